The van der Waals surface area contributed by atoms with Gasteiger partial charge < -0.3 is 4.90 Å². The van der Waals surface area contributed by atoms with Crippen LogP contribution in [0.15, 0.2) is 71.0 Å². The lowest BCUT2D eigenvalue weighted by Gasteiger charge is -2.23. The molecule has 0 aliphatic carbocycles. The zero-order valence-electron chi connectivity index (χ0n) is 22.4. The molecule has 0 bridgehead atoms. The summed E-state index contributed by atoms with van der Waals surface area (Å²) < 4.78 is 0. The summed E-state index contributed by atoms with van der Waals surface area (Å²) in [7, 11) is 0. The third-order valence-corrected chi connectivity index (χ3v) is 6.78. The zero-order valence-corrected chi connectivity index (χ0v) is 22.4. The molecule has 0 saturated carbocycles. The standard InChI is InChI=1S/C30H46N4O2/c1-27(31-35)19-23-33(24-20-28(2)32-36)21-13-5-3-4-6-14-22-34(25-29-15-9-7-10-16-29)26-30-17-11-8-12-18-30/h7-12,15-18,27-28H,3-6,13-14,19-26H2,1-2H3. The van der Waals surface area contributed by atoms with Gasteiger partial charge in [0.05, 0.1) is 12.1 Å². The highest BCUT2D eigenvalue weighted by atomic mass is 16.3. The van der Waals surface area contributed by atoms with Gasteiger partial charge in [-0.15, -0.1) is 0 Å². The van der Waals surface area contributed by atoms with E-state index in [9.17, 15) is 9.81 Å². The van der Waals surface area contributed by atoms with Crippen molar-refractivity contribution < 1.29 is 0 Å². The molecule has 0 saturated heterocycles. The number of nitrogens with zero attached hydrogens (tertiary/aromatic N) is 4. The maximum absolute atomic E-state index is 10.7. The van der Waals surface area contributed by atoms with Crippen molar-refractivity contribution in [3.8, 4) is 0 Å². The van der Waals surface area contributed by atoms with Crippen LogP contribution in [0.5, 0.6) is 0 Å². The van der Waals surface area contributed by atoms with Gasteiger partial charge in [0.1, 0.15) is 0 Å². The molecule has 0 fully saturated rings. The Morgan fingerprint density at radius 2 is 0.944 bits per heavy atom. The Bertz CT molecular complexity index is 759. The molecule has 2 unspecified atom stereocenters. The number of nitroso groups, excluding NO2 is 2. The van der Waals surface area contributed by atoms with Crippen LogP contribution in [0.25, 0.3) is 0 Å². The van der Waals surface area contributed by atoms with Gasteiger partial charge in [-0.05, 0) is 63.7 Å². The normalized spacial score (nSPS) is 13.1. The molecular weight excluding hydrogens is 448 g/mol. The van der Waals surface area contributed by atoms with Crippen molar-refractivity contribution in [1.29, 1.82) is 0 Å². The molecule has 2 aromatic carbocycles. The first-order valence-corrected chi connectivity index (χ1v) is 13.8. The molecule has 198 valence electrons. The minimum absolute atomic E-state index is 0.155. The van der Waals surface area contributed by atoms with Crippen LogP contribution in [0.2, 0.25) is 0 Å². The molecule has 0 aliphatic heterocycles. The van der Waals surface area contributed by atoms with Gasteiger partial charge in [0, 0.05) is 26.2 Å². The van der Waals surface area contributed by atoms with E-state index < -0.39 is 0 Å². The number of benzene rings is 2. The quantitative estimate of drug-likeness (QED) is 0.134. The number of hydrogen-bond donors (Lipinski definition) is 0. The summed E-state index contributed by atoms with van der Waals surface area (Å²) in [6.45, 7) is 9.55. The summed E-state index contributed by atoms with van der Waals surface area (Å²) in [6.07, 6.45) is 8.92. The van der Waals surface area contributed by atoms with Crippen LogP contribution in [0.3, 0.4) is 0 Å². The smallest absolute Gasteiger partial charge is 0.0903 e. The Kier molecular flexibility index (Phi) is 15.5. The Morgan fingerprint density at radius 3 is 1.36 bits per heavy atom. The van der Waals surface area contributed by atoms with Crippen molar-refractivity contribution >= 4 is 0 Å². The van der Waals surface area contributed by atoms with Gasteiger partial charge in [-0.2, -0.15) is 9.81 Å². The lowest BCUT2D eigenvalue weighted by atomic mass is 10.1. The van der Waals surface area contributed by atoms with Gasteiger partial charge in [-0.25, -0.2) is 0 Å². The Morgan fingerprint density at radius 1 is 0.556 bits per heavy atom. The van der Waals surface area contributed by atoms with E-state index >= 15 is 0 Å². The first kappa shape index (κ1) is 29.8. The van der Waals surface area contributed by atoms with Crippen LogP contribution < -0.4 is 0 Å². The van der Waals surface area contributed by atoms with E-state index in [-0.39, 0.29) is 12.1 Å². The van der Waals surface area contributed by atoms with E-state index in [1.807, 2.05) is 13.8 Å². The summed E-state index contributed by atoms with van der Waals surface area (Å²) in [5.74, 6) is 0. The average Bonchev–Trinajstić information content (AvgIpc) is 2.91. The number of hydrogen-bond acceptors (Lipinski definition) is 6. The predicted molar refractivity (Wildman–Crippen MR) is 151 cm³/mol. The molecule has 2 rings (SSSR count). The van der Waals surface area contributed by atoms with Crippen molar-refractivity contribution in [2.75, 3.05) is 26.2 Å². The monoisotopic (exact) mass is 494 g/mol. The molecule has 0 aromatic heterocycles. The molecule has 36 heavy (non-hydrogen) atoms. The Labute approximate surface area is 218 Å². The van der Waals surface area contributed by atoms with E-state index in [4.69, 9.17) is 0 Å². The second-order valence-electron chi connectivity index (χ2n) is 10.1. The molecule has 6 nitrogen and oxygen atoms in total. The molecule has 0 spiro atoms. The predicted octanol–water partition coefficient (Wildman–Crippen LogP) is 7.42. The van der Waals surface area contributed by atoms with Gasteiger partial charge in [0.25, 0.3) is 0 Å². The van der Waals surface area contributed by atoms with Gasteiger partial charge in [0.2, 0.25) is 0 Å². The molecular formula is C30H46N4O2. The van der Waals surface area contributed by atoms with Crippen LogP contribution in [0.1, 0.15) is 76.3 Å². The second-order valence-corrected chi connectivity index (χ2v) is 10.1. The van der Waals surface area contributed by atoms with Gasteiger partial charge in [-0.3, -0.25) is 4.90 Å². The first-order valence-electron chi connectivity index (χ1n) is 13.8. The van der Waals surface area contributed by atoms with Crippen molar-refractivity contribution in [2.24, 2.45) is 10.4 Å². The second kappa shape index (κ2) is 18.8. The van der Waals surface area contributed by atoms with E-state index in [1.165, 1.54) is 43.2 Å². The van der Waals surface area contributed by atoms with Crippen molar-refractivity contribution in [1.82, 2.24) is 9.80 Å². The largest absolute Gasteiger partial charge is 0.303 e. The van der Waals surface area contributed by atoms with Gasteiger partial charge in [-0.1, -0.05) is 96.7 Å². The number of rotatable bonds is 21. The highest BCUT2D eigenvalue weighted by molar-refractivity contribution is 5.17. The molecule has 2 atom stereocenters. The summed E-state index contributed by atoms with van der Waals surface area (Å²) in [5, 5.41) is 6.24. The molecule has 0 amide bonds. The van der Waals surface area contributed by atoms with Crippen molar-refractivity contribution in [3.05, 3.63) is 81.6 Å². The number of unbranched alkanes of at least 4 members (excludes halogenated alkanes) is 5. The molecule has 0 heterocycles. The summed E-state index contributed by atoms with van der Waals surface area (Å²) in [4.78, 5) is 26.4. The van der Waals surface area contributed by atoms with Crippen LogP contribution >= 0.6 is 0 Å². The Balaban J connectivity index is 1.66. The molecule has 6 heteroatoms. The van der Waals surface area contributed by atoms with Gasteiger partial charge >= 0.3 is 0 Å². The van der Waals surface area contributed by atoms with Crippen LogP contribution in [-0.4, -0.2) is 48.1 Å². The zero-order chi connectivity index (χ0) is 25.8. The topological polar surface area (TPSA) is 65.3 Å². The highest BCUT2D eigenvalue weighted by Crippen LogP contribution is 2.13. The van der Waals surface area contributed by atoms with Crippen LogP contribution in [0.4, 0.5) is 0 Å². The SMILES string of the molecule is CC(CCN(CCCCCCCCN(Cc1ccccc1)Cc1ccccc1)CCC(C)N=O)N=O. The summed E-state index contributed by atoms with van der Waals surface area (Å²) in [5.41, 5.74) is 2.74. The van der Waals surface area contributed by atoms with Crippen LogP contribution in [-0.2, 0) is 13.1 Å². The van der Waals surface area contributed by atoms with E-state index in [0.29, 0.717) is 0 Å². The molecule has 2 aromatic rings. The van der Waals surface area contributed by atoms with Crippen molar-refractivity contribution in [2.45, 2.75) is 90.4 Å². The van der Waals surface area contributed by atoms with Gasteiger partial charge in [0.15, 0.2) is 0 Å². The maximum atomic E-state index is 10.7. The minimum atomic E-state index is -0.155. The van der Waals surface area contributed by atoms with Crippen LogP contribution in [0, 0.1) is 9.81 Å². The lowest BCUT2D eigenvalue weighted by Crippen LogP contribution is -2.30. The third kappa shape index (κ3) is 13.6. The van der Waals surface area contributed by atoms with E-state index in [2.05, 4.69) is 80.8 Å². The fraction of sp³-hybridized carbons (Fsp3) is 0.600. The highest BCUT2D eigenvalue weighted by Gasteiger charge is 2.11. The first-order chi connectivity index (χ1) is 17.6. The van der Waals surface area contributed by atoms with E-state index in [1.54, 1.807) is 0 Å². The minimum Gasteiger partial charge on any atom is -0.303 e. The van der Waals surface area contributed by atoms with E-state index in [0.717, 1.165) is 58.5 Å². The summed E-state index contributed by atoms with van der Waals surface area (Å²) >= 11 is 0. The molecule has 0 radical (unpaired) electrons. The Hall–Kier alpha value is -2.44. The summed E-state index contributed by atoms with van der Waals surface area (Å²) in [6, 6.07) is 21.2. The lowest BCUT2D eigenvalue weighted by molar-refractivity contribution is 0.246. The molecule has 0 aliphatic rings. The third-order valence-electron chi connectivity index (χ3n) is 6.78. The fourth-order valence-electron chi connectivity index (χ4n) is 4.45. The van der Waals surface area contributed by atoms with Crippen molar-refractivity contribution in [3.63, 3.8) is 0 Å². The maximum Gasteiger partial charge on any atom is 0.0903 e. The average molecular weight is 495 g/mol. The fourth-order valence-corrected chi connectivity index (χ4v) is 4.45. The molecule has 0 N–H and O–H groups in total.